The summed E-state index contributed by atoms with van der Waals surface area (Å²) in [5, 5.41) is 12.9. The van der Waals surface area contributed by atoms with Gasteiger partial charge in [-0.15, -0.1) is 0 Å². The first-order valence-corrected chi connectivity index (χ1v) is 6.33. The fourth-order valence-electron chi connectivity index (χ4n) is 2.27. The lowest BCUT2D eigenvalue weighted by Gasteiger charge is -2.03. The molecule has 100 valence electrons. The van der Waals surface area contributed by atoms with Gasteiger partial charge in [0.1, 0.15) is 11.3 Å². The minimum absolute atomic E-state index is 0.0844. The van der Waals surface area contributed by atoms with Crippen LogP contribution < -0.4 is 4.74 Å². The molecule has 0 aliphatic carbocycles. The van der Waals surface area contributed by atoms with E-state index in [4.69, 9.17) is 16.3 Å². The molecule has 0 saturated carbocycles. The number of ether oxygens (including phenoxy) is 1. The fraction of sp³-hybridized carbons (Fsp3) is 0.0667. The van der Waals surface area contributed by atoms with Gasteiger partial charge in [-0.2, -0.15) is 4.74 Å². The van der Waals surface area contributed by atoms with Crippen molar-refractivity contribution in [3.8, 4) is 5.75 Å². The number of carbonyl (C=O) groups excluding carboxylic acids is 1. The largest absolute Gasteiger partial charge is 0.618 e. The van der Waals surface area contributed by atoms with Crippen molar-refractivity contribution < 1.29 is 14.3 Å². The van der Waals surface area contributed by atoms with Crippen LogP contribution in [0.1, 0.15) is 15.9 Å². The zero-order valence-corrected chi connectivity index (χ0v) is 11.3. The molecule has 1 aliphatic rings. The second-order valence-electron chi connectivity index (χ2n) is 4.33. The first kappa shape index (κ1) is 12.7. The molecular weight excluding hydrogens is 278 g/mol. The van der Waals surface area contributed by atoms with Gasteiger partial charge >= 0.3 is 0 Å². The number of Topliss-reactive ketones (excluding diaryl/α,β-unsaturated/α-hetero) is 1. The molecular formula is C15H10ClNO3. The Balaban J connectivity index is 2.18. The average molecular weight is 288 g/mol. The Hall–Kier alpha value is -2.33. The number of halogens is 1. The molecule has 0 saturated heterocycles. The highest BCUT2D eigenvalue weighted by Gasteiger charge is 2.39. The smallest absolute Gasteiger partial charge is 0.273 e. The highest BCUT2D eigenvalue weighted by atomic mass is 35.5. The first-order chi connectivity index (χ1) is 9.63. The van der Waals surface area contributed by atoms with E-state index in [2.05, 4.69) is 0 Å². The third-order valence-corrected chi connectivity index (χ3v) is 3.46. The maximum atomic E-state index is 12.5. The van der Waals surface area contributed by atoms with Crippen molar-refractivity contribution in [3.05, 3.63) is 63.8 Å². The summed E-state index contributed by atoms with van der Waals surface area (Å²) in [6.45, 7) is 0. The van der Waals surface area contributed by atoms with Gasteiger partial charge < -0.3 is 9.94 Å². The van der Waals surface area contributed by atoms with Crippen molar-refractivity contribution >= 4 is 28.8 Å². The maximum absolute atomic E-state index is 12.5. The first-order valence-electron chi connectivity index (χ1n) is 5.95. The third-order valence-electron chi connectivity index (χ3n) is 3.21. The topological polar surface area (TPSA) is 52.4 Å². The average Bonchev–Trinajstić information content (AvgIpc) is 2.72. The zero-order chi connectivity index (χ0) is 14.3. The molecule has 3 rings (SSSR count). The molecule has 0 amide bonds. The van der Waals surface area contributed by atoms with Crippen LogP contribution in [0.2, 0.25) is 5.02 Å². The van der Waals surface area contributed by atoms with Crippen LogP contribution in [0.3, 0.4) is 0 Å². The predicted molar refractivity (Wildman–Crippen MR) is 76.2 cm³/mol. The molecule has 2 aromatic rings. The highest BCUT2D eigenvalue weighted by molar-refractivity contribution is 6.52. The Labute approximate surface area is 120 Å². The SMILES string of the molecule is COc1cccc2c1C(=O)C(c1ccc(Cl)cc1)=[N+]2[O-]. The van der Waals surface area contributed by atoms with Crippen molar-refractivity contribution in [3.63, 3.8) is 0 Å². The van der Waals surface area contributed by atoms with Gasteiger partial charge in [-0.25, -0.2) is 0 Å². The number of hydrogen-bond acceptors (Lipinski definition) is 3. The molecule has 0 N–H and O–H groups in total. The van der Waals surface area contributed by atoms with E-state index in [1.54, 1.807) is 42.5 Å². The lowest BCUT2D eigenvalue weighted by Crippen LogP contribution is -2.16. The summed E-state index contributed by atoms with van der Waals surface area (Å²) in [6, 6.07) is 11.5. The van der Waals surface area contributed by atoms with E-state index >= 15 is 0 Å². The van der Waals surface area contributed by atoms with Crippen LogP contribution in [0.5, 0.6) is 5.75 Å². The molecule has 0 atom stereocenters. The number of benzene rings is 2. The molecule has 0 unspecified atom stereocenters. The van der Waals surface area contributed by atoms with Crippen LogP contribution in [-0.4, -0.2) is 23.3 Å². The predicted octanol–water partition coefficient (Wildman–Crippen LogP) is 3.18. The molecule has 0 aromatic heterocycles. The Morgan fingerprint density at radius 2 is 1.85 bits per heavy atom. The normalized spacial score (nSPS) is 13.6. The van der Waals surface area contributed by atoms with Crippen LogP contribution >= 0.6 is 11.6 Å². The van der Waals surface area contributed by atoms with E-state index in [0.29, 0.717) is 32.3 Å². The van der Waals surface area contributed by atoms with Crippen molar-refractivity contribution in [1.29, 1.82) is 0 Å². The second kappa shape index (κ2) is 4.65. The molecule has 0 spiro atoms. The maximum Gasteiger partial charge on any atom is 0.273 e. The molecule has 0 radical (unpaired) electrons. The standard InChI is InChI=1S/C15H10ClNO3/c1-20-12-4-2-3-11-13(12)15(18)14(17(11)19)9-5-7-10(16)8-6-9/h2-8H,1H3. The molecule has 1 aliphatic heterocycles. The van der Waals surface area contributed by atoms with Crippen LogP contribution in [-0.2, 0) is 0 Å². The van der Waals surface area contributed by atoms with Crippen molar-refractivity contribution in [2.45, 2.75) is 0 Å². The van der Waals surface area contributed by atoms with Gasteiger partial charge in [0.05, 0.1) is 12.7 Å². The molecule has 0 bridgehead atoms. The van der Waals surface area contributed by atoms with Gasteiger partial charge in [0.25, 0.3) is 11.5 Å². The van der Waals surface area contributed by atoms with E-state index in [0.717, 1.165) is 0 Å². The number of nitrogens with zero attached hydrogens (tertiary/aromatic N) is 1. The van der Waals surface area contributed by atoms with Crippen LogP contribution in [0, 0.1) is 5.21 Å². The number of methoxy groups -OCH3 is 1. The van der Waals surface area contributed by atoms with Crippen LogP contribution in [0.4, 0.5) is 5.69 Å². The Bertz CT molecular complexity index is 735. The van der Waals surface area contributed by atoms with Crippen molar-refractivity contribution in [2.75, 3.05) is 7.11 Å². The van der Waals surface area contributed by atoms with Crippen molar-refractivity contribution in [1.82, 2.24) is 0 Å². The van der Waals surface area contributed by atoms with Gasteiger partial charge in [-0.05, 0) is 30.3 Å². The summed E-state index contributed by atoms with van der Waals surface area (Å²) in [4.78, 5) is 12.5. The molecule has 2 aromatic carbocycles. The Kier molecular flexibility index (Phi) is 2.95. The van der Waals surface area contributed by atoms with Gasteiger partial charge in [-0.1, -0.05) is 17.7 Å². The van der Waals surface area contributed by atoms with Gasteiger partial charge in [0.15, 0.2) is 0 Å². The number of fused-ring (bicyclic) bond motifs is 1. The minimum Gasteiger partial charge on any atom is -0.618 e. The third kappa shape index (κ3) is 1.77. The summed E-state index contributed by atoms with van der Waals surface area (Å²) in [7, 11) is 1.47. The molecule has 20 heavy (non-hydrogen) atoms. The minimum atomic E-state index is -0.338. The van der Waals surface area contributed by atoms with Crippen LogP contribution in [0.15, 0.2) is 42.5 Å². The molecule has 4 nitrogen and oxygen atoms in total. The number of ketones is 1. The summed E-state index contributed by atoms with van der Waals surface area (Å²) in [6.07, 6.45) is 0. The van der Waals surface area contributed by atoms with Crippen LogP contribution in [0.25, 0.3) is 0 Å². The molecule has 5 heteroatoms. The highest BCUT2D eigenvalue weighted by Crippen LogP contribution is 2.34. The Morgan fingerprint density at radius 3 is 2.50 bits per heavy atom. The second-order valence-corrected chi connectivity index (χ2v) is 4.77. The van der Waals surface area contributed by atoms with Gasteiger partial charge in [0.2, 0.25) is 5.69 Å². The summed E-state index contributed by atoms with van der Waals surface area (Å²) in [5.41, 5.74) is 1.23. The lowest BCUT2D eigenvalue weighted by molar-refractivity contribution is -0.355. The van der Waals surface area contributed by atoms with E-state index in [1.807, 2.05) is 0 Å². The Morgan fingerprint density at radius 1 is 1.15 bits per heavy atom. The van der Waals surface area contributed by atoms with Crippen molar-refractivity contribution in [2.24, 2.45) is 0 Å². The monoisotopic (exact) mass is 287 g/mol. The fourth-order valence-corrected chi connectivity index (χ4v) is 2.40. The lowest BCUT2D eigenvalue weighted by atomic mass is 10.0. The summed E-state index contributed by atoms with van der Waals surface area (Å²) in [5.74, 6) is 0.0621. The van der Waals surface area contributed by atoms with E-state index < -0.39 is 0 Å². The van der Waals surface area contributed by atoms with E-state index in [-0.39, 0.29) is 11.5 Å². The summed E-state index contributed by atoms with van der Waals surface area (Å²) >= 11 is 5.82. The number of hydrogen-bond donors (Lipinski definition) is 0. The van der Waals surface area contributed by atoms with Gasteiger partial charge in [0, 0.05) is 11.1 Å². The molecule has 1 heterocycles. The van der Waals surface area contributed by atoms with E-state index in [9.17, 15) is 10.0 Å². The summed E-state index contributed by atoms with van der Waals surface area (Å²) < 4.78 is 5.80. The number of carbonyl (C=O) groups is 1. The van der Waals surface area contributed by atoms with E-state index in [1.165, 1.54) is 7.11 Å². The zero-order valence-electron chi connectivity index (χ0n) is 10.6. The quantitative estimate of drug-likeness (QED) is 0.630. The molecule has 0 fully saturated rings. The number of rotatable bonds is 2. The van der Waals surface area contributed by atoms with Gasteiger partial charge in [-0.3, -0.25) is 4.79 Å².